The predicted molar refractivity (Wildman–Crippen MR) is 125 cm³/mol. The summed E-state index contributed by atoms with van der Waals surface area (Å²) in [4.78, 5) is 9.77. The Morgan fingerprint density at radius 1 is 1.38 bits per heavy atom. The summed E-state index contributed by atoms with van der Waals surface area (Å²) in [6.45, 7) is 4.29. The van der Waals surface area contributed by atoms with E-state index in [1.807, 2.05) is 6.92 Å². The maximum Gasteiger partial charge on any atom is 0.401 e. The van der Waals surface area contributed by atoms with Crippen LogP contribution in [0.5, 0.6) is 0 Å². The third-order valence-corrected chi connectivity index (χ3v) is 5.85. The van der Waals surface area contributed by atoms with E-state index in [9.17, 15) is 13.2 Å². The van der Waals surface area contributed by atoms with E-state index in [-0.39, 0.29) is 24.0 Å². The van der Waals surface area contributed by atoms with Gasteiger partial charge in [0.05, 0.1) is 6.54 Å². The van der Waals surface area contributed by atoms with Crippen LogP contribution in [0.1, 0.15) is 30.7 Å². The quantitative estimate of drug-likeness (QED) is 0.296. The summed E-state index contributed by atoms with van der Waals surface area (Å²) in [6.07, 6.45) is -1.88. The lowest BCUT2D eigenvalue weighted by molar-refractivity contribution is -0.142. The number of guanidine groups is 1. The minimum atomic E-state index is -4.17. The average Bonchev–Trinajstić information content (AvgIpc) is 3.12. The van der Waals surface area contributed by atoms with Crippen LogP contribution in [0.25, 0.3) is 0 Å². The molecule has 0 aromatic carbocycles. The minimum absolute atomic E-state index is 0. The van der Waals surface area contributed by atoms with Gasteiger partial charge in [0.2, 0.25) is 0 Å². The van der Waals surface area contributed by atoms with E-state index in [2.05, 4.69) is 40.1 Å². The molecule has 1 aromatic rings. The molecule has 0 spiro atoms. The molecule has 0 bridgehead atoms. The highest BCUT2D eigenvalue weighted by molar-refractivity contribution is 14.0. The van der Waals surface area contributed by atoms with Gasteiger partial charge in [0.25, 0.3) is 0 Å². The molecule has 168 valence electrons. The maximum atomic E-state index is 12.4. The van der Waals surface area contributed by atoms with Crippen LogP contribution in [-0.2, 0) is 0 Å². The van der Waals surface area contributed by atoms with Gasteiger partial charge >= 0.3 is 6.18 Å². The van der Waals surface area contributed by atoms with Crippen LogP contribution < -0.4 is 10.6 Å². The summed E-state index contributed by atoms with van der Waals surface area (Å²) in [5.74, 6) is 1.10. The van der Waals surface area contributed by atoms with Crippen LogP contribution >= 0.6 is 35.3 Å². The van der Waals surface area contributed by atoms with E-state index in [4.69, 9.17) is 4.99 Å². The molecule has 29 heavy (non-hydrogen) atoms. The summed E-state index contributed by atoms with van der Waals surface area (Å²) >= 11 is 1.78. The van der Waals surface area contributed by atoms with Crippen molar-refractivity contribution >= 4 is 41.3 Å². The normalized spacial score (nSPS) is 21.1. The monoisotopic (exact) mass is 547 g/mol. The number of thiophene rings is 1. The van der Waals surface area contributed by atoms with Crippen molar-refractivity contribution in [3.8, 4) is 0 Å². The van der Waals surface area contributed by atoms with E-state index in [1.54, 1.807) is 11.3 Å². The van der Waals surface area contributed by atoms with Gasteiger partial charge in [-0.25, -0.2) is 0 Å². The van der Waals surface area contributed by atoms with Crippen molar-refractivity contribution in [2.75, 3.05) is 53.4 Å². The first kappa shape index (κ1) is 26.4. The summed E-state index contributed by atoms with van der Waals surface area (Å²) in [5, 5.41) is 8.46. The zero-order valence-electron chi connectivity index (χ0n) is 17.3. The third-order valence-electron chi connectivity index (χ3n) is 4.91. The van der Waals surface area contributed by atoms with Gasteiger partial charge < -0.3 is 10.6 Å². The second kappa shape index (κ2) is 13.0. The number of hydrogen-bond acceptors (Lipinski definition) is 4. The topological polar surface area (TPSA) is 42.9 Å². The average molecular weight is 547 g/mol. The molecule has 10 heteroatoms. The molecule has 1 aliphatic rings. The molecule has 1 aliphatic heterocycles. The number of piperidine rings is 1. The smallest absolute Gasteiger partial charge is 0.357 e. The molecule has 1 saturated heterocycles. The van der Waals surface area contributed by atoms with Crippen molar-refractivity contribution in [3.63, 3.8) is 0 Å². The molecule has 0 aliphatic carbocycles. The molecule has 2 heterocycles. The van der Waals surface area contributed by atoms with Gasteiger partial charge in [-0.2, -0.15) is 13.2 Å². The molecule has 5 nitrogen and oxygen atoms in total. The number of likely N-dealkylation sites (tertiary alicyclic amines) is 1. The minimum Gasteiger partial charge on any atom is -0.357 e. The van der Waals surface area contributed by atoms with Crippen molar-refractivity contribution in [2.24, 2.45) is 10.9 Å². The first-order valence-electron chi connectivity index (χ1n) is 9.81. The fourth-order valence-corrected chi connectivity index (χ4v) is 4.64. The number of likely N-dealkylation sites (N-methyl/N-ethyl adjacent to an activating group) is 1. The molecular formula is C19H33F3IN5S. The van der Waals surface area contributed by atoms with Crippen molar-refractivity contribution in [2.45, 2.75) is 32.0 Å². The van der Waals surface area contributed by atoms with Crippen molar-refractivity contribution in [1.29, 1.82) is 0 Å². The van der Waals surface area contributed by atoms with Gasteiger partial charge in [-0.05, 0) is 57.8 Å². The number of aliphatic imine (C=N–C) groups is 1. The third kappa shape index (κ3) is 9.39. The SMILES string of the molecule is CCNC(=NCC1CCCN(C)C1c1cccs1)NCCN(C)CC(F)(F)F.I. The number of nitrogens with zero attached hydrogens (tertiary/aromatic N) is 3. The molecule has 2 unspecified atom stereocenters. The fourth-order valence-electron chi connectivity index (χ4n) is 3.66. The van der Waals surface area contributed by atoms with E-state index in [0.29, 0.717) is 44.1 Å². The molecule has 0 radical (unpaired) electrons. The van der Waals surface area contributed by atoms with Crippen molar-refractivity contribution in [3.05, 3.63) is 22.4 Å². The molecule has 1 fully saturated rings. The number of hydrogen-bond donors (Lipinski definition) is 2. The van der Waals surface area contributed by atoms with Crippen LogP contribution in [0.4, 0.5) is 13.2 Å². The van der Waals surface area contributed by atoms with Gasteiger partial charge in [0.1, 0.15) is 0 Å². The van der Waals surface area contributed by atoms with Crippen LogP contribution in [0.3, 0.4) is 0 Å². The second-order valence-corrected chi connectivity index (χ2v) is 8.32. The van der Waals surface area contributed by atoms with Crippen LogP contribution in [0.2, 0.25) is 0 Å². The highest BCUT2D eigenvalue weighted by Crippen LogP contribution is 2.37. The van der Waals surface area contributed by atoms with E-state index >= 15 is 0 Å². The summed E-state index contributed by atoms with van der Waals surface area (Å²) < 4.78 is 37.3. The van der Waals surface area contributed by atoms with Gasteiger partial charge in [-0.15, -0.1) is 35.3 Å². The van der Waals surface area contributed by atoms with Crippen molar-refractivity contribution in [1.82, 2.24) is 20.4 Å². The highest BCUT2D eigenvalue weighted by Gasteiger charge is 2.31. The summed E-state index contributed by atoms with van der Waals surface area (Å²) in [7, 11) is 3.64. The predicted octanol–water partition coefficient (Wildman–Crippen LogP) is 3.80. The van der Waals surface area contributed by atoms with E-state index in [0.717, 1.165) is 19.4 Å². The Hall–Kier alpha value is -0.590. The number of halogens is 4. The Morgan fingerprint density at radius 2 is 2.14 bits per heavy atom. The molecule has 2 atom stereocenters. The van der Waals surface area contributed by atoms with E-state index in [1.165, 1.54) is 16.8 Å². The Bertz CT molecular complexity index is 597. The largest absolute Gasteiger partial charge is 0.401 e. The second-order valence-electron chi connectivity index (χ2n) is 7.34. The first-order chi connectivity index (χ1) is 13.3. The molecule has 2 N–H and O–H groups in total. The highest BCUT2D eigenvalue weighted by atomic mass is 127. The number of nitrogens with one attached hydrogen (secondary N) is 2. The molecule has 1 aromatic heterocycles. The number of alkyl halides is 3. The fraction of sp³-hybridized carbons (Fsp3) is 0.737. The summed E-state index contributed by atoms with van der Waals surface area (Å²) in [6, 6.07) is 4.65. The van der Waals surface area contributed by atoms with Crippen LogP contribution in [0.15, 0.2) is 22.5 Å². The Morgan fingerprint density at radius 3 is 2.76 bits per heavy atom. The lowest BCUT2D eigenvalue weighted by atomic mass is 9.88. The molecule has 0 amide bonds. The Kier molecular flexibility index (Phi) is 11.8. The van der Waals surface area contributed by atoms with Gasteiger partial charge in [-0.1, -0.05) is 6.07 Å². The molecule has 2 rings (SSSR count). The standard InChI is InChI=1S/C19H32F3N5S.HI/c1-4-23-18(24-9-11-26(2)14-19(20,21)22)25-13-15-7-5-10-27(3)17(15)16-8-6-12-28-16;/h6,8,12,15,17H,4-5,7,9-11,13-14H2,1-3H3,(H2,23,24,25);1H. The number of rotatable bonds is 8. The lowest BCUT2D eigenvalue weighted by Gasteiger charge is -2.38. The van der Waals surface area contributed by atoms with Gasteiger partial charge in [-0.3, -0.25) is 14.8 Å². The zero-order chi connectivity index (χ0) is 20.6. The Labute approximate surface area is 193 Å². The van der Waals surface area contributed by atoms with E-state index < -0.39 is 12.7 Å². The Balaban J connectivity index is 0.00000420. The van der Waals surface area contributed by atoms with Gasteiger partial charge in [0, 0.05) is 37.1 Å². The lowest BCUT2D eigenvalue weighted by Crippen LogP contribution is -2.43. The molecular weight excluding hydrogens is 514 g/mol. The first-order valence-corrected chi connectivity index (χ1v) is 10.7. The maximum absolute atomic E-state index is 12.4. The zero-order valence-corrected chi connectivity index (χ0v) is 20.5. The van der Waals surface area contributed by atoms with Crippen LogP contribution in [0, 0.1) is 5.92 Å². The summed E-state index contributed by atoms with van der Waals surface area (Å²) in [5.41, 5.74) is 0. The van der Waals surface area contributed by atoms with Gasteiger partial charge in [0.15, 0.2) is 5.96 Å². The van der Waals surface area contributed by atoms with Crippen LogP contribution in [-0.4, -0.2) is 75.3 Å². The van der Waals surface area contributed by atoms with Crippen molar-refractivity contribution < 1.29 is 13.2 Å². The molecule has 0 saturated carbocycles.